The second-order valence-corrected chi connectivity index (χ2v) is 9.32. The molecule has 10 nitrogen and oxygen atoms in total. The van der Waals surface area contributed by atoms with Crippen LogP contribution in [-0.4, -0.2) is 65.6 Å². The summed E-state index contributed by atoms with van der Waals surface area (Å²) in [5, 5.41) is 2.38. The van der Waals surface area contributed by atoms with E-state index in [9.17, 15) is 23.8 Å². The molecule has 4 unspecified atom stereocenters. The Balaban J connectivity index is 2.45. The predicted molar refractivity (Wildman–Crippen MR) is 108 cm³/mol. The average molecular weight is 452 g/mol. The van der Waals surface area contributed by atoms with E-state index in [-0.39, 0.29) is 41.8 Å². The number of likely N-dealkylation sites (N-methyl/N-ethyl adjacent to an activating group) is 1. The van der Waals surface area contributed by atoms with Crippen molar-refractivity contribution < 1.29 is 37.6 Å². The number of amides is 2. The number of thioether (sulfide) groups is 1. The zero-order valence-electron chi connectivity index (χ0n) is 17.0. The van der Waals surface area contributed by atoms with Crippen LogP contribution >= 0.6 is 19.6 Å². The number of phosphoric ester groups is 1. The van der Waals surface area contributed by atoms with Crippen molar-refractivity contribution in [3.05, 3.63) is 12.3 Å². The van der Waals surface area contributed by atoms with Crippen LogP contribution in [0.2, 0.25) is 0 Å². The average Bonchev–Trinajstić information content (AvgIpc) is 3.04. The monoisotopic (exact) mass is 452 g/mol. The SMILES string of the molecule is CNC(=O)/C=C\N(C=O)C1OC(COP(=O)(O)OCCSC(=O)C(C)C)CC1C. The van der Waals surface area contributed by atoms with Gasteiger partial charge in [0.05, 0.1) is 19.3 Å². The van der Waals surface area contributed by atoms with E-state index in [1.165, 1.54) is 24.2 Å². The van der Waals surface area contributed by atoms with Gasteiger partial charge in [0.25, 0.3) is 0 Å². The highest BCUT2D eigenvalue weighted by Gasteiger charge is 2.37. The van der Waals surface area contributed by atoms with Crippen molar-refractivity contribution in [3.8, 4) is 0 Å². The van der Waals surface area contributed by atoms with E-state index in [4.69, 9.17) is 13.8 Å². The van der Waals surface area contributed by atoms with Gasteiger partial charge in [-0.1, -0.05) is 32.5 Å². The van der Waals surface area contributed by atoms with Gasteiger partial charge in [-0.25, -0.2) is 4.57 Å². The van der Waals surface area contributed by atoms with Crippen molar-refractivity contribution in [2.75, 3.05) is 26.0 Å². The minimum absolute atomic E-state index is 0.0214. The van der Waals surface area contributed by atoms with Gasteiger partial charge in [0, 0.05) is 36.9 Å². The van der Waals surface area contributed by atoms with Gasteiger partial charge < -0.3 is 14.9 Å². The van der Waals surface area contributed by atoms with Gasteiger partial charge in [-0.05, 0) is 6.42 Å². The summed E-state index contributed by atoms with van der Waals surface area (Å²) in [6.45, 7) is 5.09. The van der Waals surface area contributed by atoms with Gasteiger partial charge in [-0.15, -0.1) is 0 Å². The highest BCUT2D eigenvalue weighted by molar-refractivity contribution is 8.13. The van der Waals surface area contributed by atoms with Gasteiger partial charge in [0.2, 0.25) is 12.3 Å². The molecule has 2 N–H and O–H groups in total. The number of nitrogens with one attached hydrogen (secondary N) is 1. The standard InChI is InChI=1S/C17H29N2O8PS/c1-12(2)17(22)29-8-7-25-28(23,24)26-10-14-9-13(3)16(27-14)19(11-20)6-5-15(21)18-4/h5-6,11-14,16H,7-10H2,1-4H3,(H,18,21)(H,23,24)/b6-5-. The quantitative estimate of drug-likeness (QED) is 0.196. The van der Waals surface area contributed by atoms with Crippen molar-refractivity contribution in [2.24, 2.45) is 11.8 Å². The Hall–Kier alpha value is -1.23. The summed E-state index contributed by atoms with van der Waals surface area (Å²) >= 11 is 1.03. The minimum Gasteiger partial charge on any atom is -0.356 e. The molecule has 0 aromatic heterocycles. The lowest BCUT2D eigenvalue weighted by atomic mass is 10.1. The van der Waals surface area contributed by atoms with E-state index >= 15 is 0 Å². The molecule has 0 radical (unpaired) electrons. The fourth-order valence-electron chi connectivity index (χ4n) is 2.48. The highest BCUT2D eigenvalue weighted by atomic mass is 32.2. The summed E-state index contributed by atoms with van der Waals surface area (Å²) in [5.74, 6) is -0.325. The van der Waals surface area contributed by atoms with Crippen molar-refractivity contribution in [1.29, 1.82) is 0 Å². The van der Waals surface area contributed by atoms with Crippen LogP contribution in [0.4, 0.5) is 0 Å². The van der Waals surface area contributed by atoms with Crippen molar-refractivity contribution in [2.45, 2.75) is 39.5 Å². The maximum Gasteiger partial charge on any atom is 0.472 e. The number of hydrogen-bond acceptors (Lipinski definition) is 8. The molecule has 1 aliphatic rings. The third-order valence-corrected chi connectivity index (χ3v) is 6.10. The number of rotatable bonds is 12. The number of nitrogens with zero attached hydrogens (tertiary/aromatic N) is 1. The molecule has 0 bridgehead atoms. The number of carbonyl (C=O) groups excluding carboxylic acids is 3. The lowest BCUT2D eigenvalue weighted by Gasteiger charge is -2.24. The maximum atomic E-state index is 12.0. The third-order valence-electron chi connectivity index (χ3n) is 3.99. The summed E-state index contributed by atoms with van der Waals surface area (Å²) in [4.78, 5) is 45.0. The van der Waals surface area contributed by atoms with Crippen LogP contribution in [0.5, 0.6) is 0 Å². The van der Waals surface area contributed by atoms with Gasteiger partial charge in [-0.3, -0.25) is 28.3 Å². The number of hydrogen-bond donors (Lipinski definition) is 2. The minimum atomic E-state index is -4.28. The van der Waals surface area contributed by atoms with Crippen LogP contribution in [0.25, 0.3) is 0 Å². The van der Waals surface area contributed by atoms with Gasteiger partial charge in [-0.2, -0.15) is 0 Å². The number of ether oxygens (including phenoxy) is 1. The first kappa shape index (κ1) is 25.8. The number of carbonyl (C=O) groups is 3. The summed E-state index contributed by atoms with van der Waals surface area (Å²) in [6.07, 6.45) is 2.39. The van der Waals surface area contributed by atoms with Gasteiger partial charge in [0.15, 0.2) is 5.12 Å². The normalized spacial score (nSPS) is 23.9. The van der Waals surface area contributed by atoms with Gasteiger partial charge >= 0.3 is 7.82 Å². The van der Waals surface area contributed by atoms with Crippen LogP contribution in [-0.2, 0) is 32.7 Å². The molecule has 0 spiro atoms. The third kappa shape index (κ3) is 9.41. The molecule has 0 aliphatic carbocycles. The Kier molecular flexibility index (Phi) is 11.1. The lowest BCUT2D eigenvalue weighted by molar-refractivity contribution is -0.129. The molecule has 12 heteroatoms. The summed E-state index contributed by atoms with van der Waals surface area (Å²) < 4.78 is 27.5. The molecule has 1 heterocycles. The van der Waals surface area contributed by atoms with E-state index in [1.807, 2.05) is 6.92 Å². The zero-order chi connectivity index (χ0) is 22.0. The molecule has 1 fully saturated rings. The molecule has 1 rings (SSSR count). The molecule has 0 aromatic rings. The molecular weight excluding hydrogens is 423 g/mol. The first-order valence-corrected chi connectivity index (χ1v) is 11.6. The molecule has 4 atom stereocenters. The number of phosphoric acid groups is 1. The highest BCUT2D eigenvalue weighted by Crippen LogP contribution is 2.44. The molecule has 0 aromatic carbocycles. The van der Waals surface area contributed by atoms with Crippen molar-refractivity contribution in [3.63, 3.8) is 0 Å². The molecule has 29 heavy (non-hydrogen) atoms. The molecule has 2 amide bonds. The van der Waals surface area contributed by atoms with Crippen molar-refractivity contribution in [1.82, 2.24) is 10.2 Å². The van der Waals surface area contributed by atoms with Crippen molar-refractivity contribution >= 4 is 37.0 Å². The van der Waals surface area contributed by atoms with E-state index in [1.54, 1.807) is 13.8 Å². The topological polar surface area (TPSA) is 131 Å². The Bertz CT molecular complexity index is 645. The Morgan fingerprint density at radius 3 is 2.69 bits per heavy atom. The molecule has 0 saturated carbocycles. The summed E-state index contributed by atoms with van der Waals surface area (Å²) in [7, 11) is -2.82. The van der Waals surface area contributed by atoms with Crippen LogP contribution in [0.3, 0.4) is 0 Å². The second-order valence-electron chi connectivity index (χ2n) is 6.76. The van der Waals surface area contributed by atoms with Crippen LogP contribution in [0, 0.1) is 11.8 Å². The second kappa shape index (κ2) is 12.5. The lowest BCUT2D eigenvalue weighted by Crippen LogP contribution is -2.34. The first-order chi connectivity index (χ1) is 13.6. The van der Waals surface area contributed by atoms with Gasteiger partial charge in [0.1, 0.15) is 6.23 Å². The predicted octanol–water partition coefficient (Wildman–Crippen LogP) is 1.50. The molecule has 166 valence electrons. The van der Waals surface area contributed by atoms with E-state index in [0.29, 0.717) is 12.8 Å². The molecule has 1 saturated heterocycles. The van der Waals surface area contributed by atoms with E-state index in [2.05, 4.69) is 5.32 Å². The maximum absolute atomic E-state index is 12.0. The molecular formula is C17H29N2O8PS. The molecule has 1 aliphatic heterocycles. The Labute approximate surface area is 174 Å². The fourth-order valence-corrected chi connectivity index (χ4v) is 4.06. The first-order valence-electron chi connectivity index (χ1n) is 9.16. The largest absolute Gasteiger partial charge is 0.472 e. The summed E-state index contributed by atoms with van der Waals surface area (Å²) in [5.41, 5.74) is 0. The smallest absolute Gasteiger partial charge is 0.356 e. The Morgan fingerprint density at radius 1 is 1.41 bits per heavy atom. The Morgan fingerprint density at radius 2 is 2.10 bits per heavy atom. The zero-order valence-corrected chi connectivity index (χ0v) is 18.7. The van der Waals surface area contributed by atoms with Crippen LogP contribution in [0.1, 0.15) is 27.2 Å². The van der Waals surface area contributed by atoms with E-state index in [0.717, 1.165) is 11.8 Å². The van der Waals surface area contributed by atoms with Crippen LogP contribution < -0.4 is 5.32 Å². The van der Waals surface area contributed by atoms with Crippen LogP contribution in [0.15, 0.2) is 12.3 Å². The fraction of sp³-hybridized carbons (Fsp3) is 0.706. The summed E-state index contributed by atoms with van der Waals surface area (Å²) in [6, 6.07) is 0. The van der Waals surface area contributed by atoms with E-state index < -0.39 is 20.2 Å².